The highest BCUT2D eigenvalue weighted by Crippen LogP contribution is 2.38. The van der Waals surface area contributed by atoms with Gasteiger partial charge in [0.1, 0.15) is 0 Å². The summed E-state index contributed by atoms with van der Waals surface area (Å²) in [7, 11) is 4.46. The van der Waals surface area contributed by atoms with Crippen molar-refractivity contribution < 1.29 is 28.9 Å². The van der Waals surface area contributed by atoms with Crippen molar-refractivity contribution in [3.05, 3.63) is 17.7 Å². The number of hydrogen-bond acceptors (Lipinski definition) is 6. The summed E-state index contributed by atoms with van der Waals surface area (Å²) in [5, 5.41) is 13.1. The van der Waals surface area contributed by atoms with Gasteiger partial charge >= 0.3 is 0 Å². The molecule has 0 aromatic heterocycles. The molecule has 0 atom stereocenters. The number of benzene rings is 1. The van der Waals surface area contributed by atoms with Crippen molar-refractivity contribution in [1.82, 2.24) is 5.32 Å². The van der Waals surface area contributed by atoms with Crippen LogP contribution in [0.1, 0.15) is 36.0 Å². The maximum Gasteiger partial charge on any atom is 0.251 e. The number of nitrogens with one attached hydrogen (secondary N) is 1. The van der Waals surface area contributed by atoms with E-state index in [-0.39, 0.29) is 12.3 Å². The smallest absolute Gasteiger partial charge is 0.251 e. The van der Waals surface area contributed by atoms with E-state index in [4.69, 9.17) is 14.2 Å². The van der Waals surface area contributed by atoms with E-state index in [1.165, 1.54) is 21.3 Å². The van der Waals surface area contributed by atoms with Crippen LogP contribution in [-0.4, -0.2) is 39.8 Å². The van der Waals surface area contributed by atoms with Crippen LogP contribution in [0.5, 0.6) is 17.2 Å². The fourth-order valence-corrected chi connectivity index (χ4v) is 2.09. The molecule has 0 unspecified atom stereocenters. The Bertz CT molecular complexity index is 518. The molecule has 0 saturated heterocycles. The maximum absolute atomic E-state index is 12.2. The Labute approximate surface area is 135 Å². The second-order valence-electron chi connectivity index (χ2n) is 4.85. The molecule has 0 aliphatic rings. The Morgan fingerprint density at radius 3 is 2.09 bits per heavy atom. The molecule has 0 aliphatic carbocycles. The van der Waals surface area contributed by atoms with Gasteiger partial charge in [-0.25, -0.2) is 0 Å². The van der Waals surface area contributed by atoms with E-state index >= 15 is 0 Å². The summed E-state index contributed by atoms with van der Waals surface area (Å²) in [6.07, 6.45) is 2.00. The first-order valence-corrected chi connectivity index (χ1v) is 7.31. The summed E-state index contributed by atoms with van der Waals surface area (Å²) in [6.45, 7) is 0.461. The number of unbranched alkanes of at least 4 members (excludes halogenated alkanes) is 2. The number of carboxylic acid groups (broad SMARTS) is 1. The van der Waals surface area contributed by atoms with Crippen LogP contribution in [0.4, 0.5) is 0 Å². The van der Waals surface area contributed by atoms with Crippen LogP contribution in [0.3, 0.4) is 0 Å². The Morgan fingerprint density at radius 1 is 1.00 bits per heavy atom. The minimum atomic E-state index is -1.05. The van der Waals surface area contributed by atoms with Gasteiger partial charge in [0.15, 0.2) is 11.5 Å². The molecule has 0 heterocycles. The summed E-state index contributed by atoms with van der Waals surface area (Å²) in [5.41, 5.74) is 0.397. The van der Waals surface area contributed by atoms with Crippen molar-refractivity contribution in [3.8, 4) is 17.2 Å². The molecule has 0 bridgehead atoms. The lowest BCUT2D eigenvalue weighted by Gasteiger charge is -2.14. The van der Waals surface area contributed by atoms with Gasteiger partial charge in [-0.1, -0.05) is 6.42 Å². The van der Waals surface area contributed by atoms with Crippen LogP contribution in [0, 0.1) is 0 Å². The zero-order chi connectivity index (χ0) is 17.2. The lowest BCUT2D eigenvalue weighted by Crippen LogP contribution is -2.25. The third kappa shape index (κ3) is 5.69. The molecule has 0 radical (unpaired) electrons. The summed E-state index contributed by atoms with van der Waals surface area (Å²) in [6, 6.07) is 3.15. The first-order valence-electron chi connectivity index (χ1n) is 7.31. The molecule has 7 nitrogen and oxygen atoms in total. The molecule has 1 aromatic carbocycles. The predicted molar refractivity (Wildman–Crippen MR) is 81.9 cm³/mol. The van der Waals surface area contributed by atoms with Gasteiger partial charge in [0, 0.05) is 18.1 Å². The van der Waals surface area contributed by atoms with Crippen molar-refractivity contribution in [3.63, 3.8) is 0 Å². The highest BCUT2D eigenvalue weighted by molar-refractivity contribution is 5.95. The molecule has 1 N–H and O–H groups in total. The van der Waals surface area contributed by atoms with Gasteiger partial charge < -0.3 is 29.4 Å². The molecule has 0 saturated carbocycles. The van der Waals surface area contributed by atoms with Gasteiger partial charge in [-0.15, -0.1) is 0 Å². The Balaban J connectivity index is 2.60. The molecule has 1 amide bonds. The third-order valence-electron chi connectivity index (χ3n) is 3.27. The van der Waals surface area contributed by atoms with E-state index in [0.717, 1.165) is 0 Å². The van der Waals surface area contributed by atoms with Gasteiger partial charge in [0.05, 0.1) is 21.3 Å². The topological polar surface area (TPSA) is 96.9 Å². The Hall–Kier alpha value is -2.44. The van der Waals surface area contributed by atoms with E-state index in [1.807, 2.05) is 0 Å². The molecule has 128 valence electrons. The number of hydrogen-bond donors (Lipinski definition) is 1. The van der Waals surface area contributed by atoms with Crippen LogP contribution < -0.4 is 24.6 Å². The minimum Gasteiger partial charge on any atom is -0.550 e. The summed E-state index contributed by atoms with van der Waals surface area (Å²) >= 11 is 0. The van der Waals surface area contributed by atoms with Gasteiger partial charge in [-0.3, -0.25) is 4.79 Å². The van der Waals surface area contributed by atoms with E-state index in [9.17, 15) is 14.7 Å². The fraction of sp³-hybridized carbons (Fsp3) is 0.500. The van der Waals surface area contributed by atoms with Crippen molar-refractivity contribution in [2.45, 2.75) is 25.7 Å². The molecule has 23 heavy (non-hydrogen) atoms. The average Bonchev–Trinajstić information content (AvgIpc) is 2.55. The largest absolute Gasteiger partial charge is 0.550 e. The van der Waals surface area contributed by atoms with Crippen LogP contribution in [0.25, 0.3) is 0 Å². The molecule has 1 rings (SSSR count). The molecule has 0 spiro atoms. The summed E-state index contributed by atoms with van der Waals surface area (Å²) in [4.78, 5) is 22.4. The second-order valence-corrected chi connectivity index (χ2v) is 4.85. The number of methoxy groups -OCH3 is 3. The Kier molecular flexibility index (Phi) is 7.73. The minimum absolute atomic E-state index is 0.0425. The third-order valence-corrected chi connectivity index (χ3v) is 3.27. The fourth-order valence-electron chi connectivity index (χ4n) is 2.09. The maximum atomic E-state index is 12.2. The lowest BCUT2D eigenvalue weighted by atomic mass is 10.1. The standard InChI is InChI=1S/C16H23NO6/c1-21-12-9-11(10-13(22-2)15(12)23-3)16(20)17-8-6-4-5-7-14(18)19/h9-10H,4-8H2,1-3H3,(H,17,20)(H,18,19)/p-1. The number of carboxylic acids is 1. The number of rotatable bonds is 10. The van der Waals surface area contributed by atoms with Crippen molar-refractivity contribution in [2.24, 2.45) is 0 Å². The predicted octanol–water partition coefficient (Wildman–Crippen LogP) is 0.753. The SMILES string of the molecule is COc1cc(C(=O)NCCCCCC(=O)[O-])cc(OC)c1OC. The van der Waals surface area contributed by atoms with Crippen LogP contribution >= 0.6 is 0 Å². The molecular weight excluding hydrogens is 302 g/mol. The number of ether oxygens (including phenoxy) is 3. The highest BCUT2D eigenvalue weighted by atomic mass is 16.5. The second kappa shape index (κ2) is 9.55. The van der Waals surface area contributed by atoms with Crippen LogP contribution in [0.2, 0.25) is 0 Å². The average molecular weight is 324 g/mol. The summed E-state index contributed by atoms with van der Waals surface area (Å²) in [5.74, 6) is -0.0682. The van der Waals surface area contributed by atoms with Crippen molar-refractivity contribution >= 4 is 11.9 Å². The highest BCUT2D eigenvalue weighted by Gasteiger charge is 2.16. The first kappa shape index (κ1) is 18.6. The quantitative estimate of drug-likeness (QED) is 0.638. The number of carbonyl (C=O) groups excluding carboxylic acids is 2. The van der Waals surface area contributed by atoms with E-state index < -0.39 is 5.97 Å². The zero-order valence-corrected chi connectivity index (χ0v) is 13.6. The molecule has 7 heteroatoms. The van der Waals surface area contributed by atoms with Gasteiger partial charge in [-0.05, 0) is 31.4 Å². The van der Waals surface area contributed by atoms with Crippen LogP contribution in [0.15, 0.2) is 12.1 Å². The summed E-state index contributed by atoms with van der Waals surface area (Å²) < 4.78 is 15.6. The monoisotopic (exact) mass is 324 g/mol. The van der Waals surface area contributed by atoms with E-state index in [2.05, 4.69) is 5.32 Å². The van der Waals surface area contributed by atoms with Crippen molar-refractivity contribution in [2.75, 3.05) is 27.9 Å². The van der Waals surface area contributed by atoms with Crippen LogP contribution in [-0.2, 0) is 4.79 Å². The lowest BCUT2D eigenvalue weighted by molar-refractivity contribution is -0.305. The Morgan fingerprint density at radius 2 is 1.61 bits per heavy atom. The molecule has 0 aliphatic heterocycles. The zero-order valence-electron chi connectivity index (χ0n) is 13.6. The van der Waals surface area contributed by atoms with E-state index in [1.54, 1.807) is 12.1 Å². The van der Waals surface area contributed by atoms with E-state index in [0.29, 0.717) is 48.6 Å². The first-order chi connectivity index (χ1) is 11.0. The number of aliphatic carboxylic acids is 1. The van der Waals surface area contributed by atoms with Crippen molar-refractivity contribution in [1.29, 1.82) is 0 Å². The molecule has 0 fully saturated rings. The van der Waals surface area contributed by atoms with Gasteiger partial charge in [0.25, 0.3) is 5.91 Å². The molecule has 1 aromatic rings. The number of carbonyl (C=O) groups is 2. The number of amides is 1. The normalized spacial score (nSPS) is 10.0. The van der Waals surface area contributed by atoms with Gasteiger partial charge in [-0.2, -0.15) is 0 Å². The molecular formula is C16H22NO6-. The van der Waals surface area contributed by atoms with Gasteiger partial charge in [0.2, 0.25) is 5.75 Å².